The molecule has 0 spiro atoms. The molecule has 4 heterocycles. The lowest BCUT2D eigenvalue weighted by Crippen LogP contribution is -2.56. The number of hydrogen-bond donors (Lipinski definition) is 0. The van der Waals surface area contributed by atoms with Crippen molar-refractivity contribution < 1.29 is 8.78 Å². The van der Waals surface area contributed by atoms with Crippen LogP contribution in [0.4, 0.5) is 14.6 Å². The number of aryl methyl sites for hydroxylation is 2. The van der Waals surface area contributed by atoms with Crippen molar-refractivity contribution in [1.29, 1.82) is 0 Å². The first-order chi connectivity index (χ1) is 14.9. The highest BCUT2D eigenvalue weighted by Gasteiger charge is 2.45. The Morgan fingerprint density at radius 2 is 1.74 bits per heavy atom. The van der Waals surface area contributed by atoms with Gasteiger partial charge in [-0.2, -0.15) is 10.2 Å². The molecular weight excluding hydrogens is 400 g/mol. The van der Waals surface area contributed by atoms with Gasteiger partial charge in [0.05, 0.1) is 30.4 Å². The van der Waals surface area contributed by atoms with Crippen LogP contribution in [0.3, 0.4) is 0 Å². The zero-order valence-electron chi connectivity index (χ0n) is 17.3. The molecule has 1 saturated carbocycles. The predicted octanol–water partition coefficient (Wildman–Crippen LogP) is 3.76. The molecule has 158 valence electrons. The van der Waals surface area contributed by atoms with E-state index in [1.54, 1.807) is 22.8 Å². The summed E-state index contributed by atoms with van der Waals surface area (Å²) in [5.74, 6) is -1.52. The van der Waals surface area contributed by atoms with Gasteiger partial charge >= 0.3 is 0 Å². The molecule has 2 fully saturated rings. The first-order valence-corrected chi connectivity index (χ1v) is 10.3. The molecule has 9 heteroatoms. The lowest BCUT2D eigenvalue weighted by atomic mass is 10.0. The van der Waals surface area contributed by atoms with Crippen LogP contribution < -0.4 is 4.90 Å². The number of halogens is 2. The van der Waals surface area contributed by atoms with E-state index in [1.165, 1.54) is 24.7 Å². The van der Waals surface area contributed by atoms with Gasteiger partial charge in [0.15, 0.2) is 5.65 Å². The average molecular weight is 421 g/mol. The highest BCUT2D eigenvalue weighted by Crippen LogP contribution is 2.43. The molecule has 0 radical (unpaired) electrons. The molecule has 0 N–H and O–H groups in total. The molecule has 1 aliphatic heterocycles. The second-order valence-electron chi connectivity index (χ2n) is 8.51. The molecule has 31 heavy (non-hydrogen) atoms. The molecule has 2 aliphatic rings. The maximum Gasteiger partial charge on any atom is 0.282 e. The second kappa shape index (κ2) is 6.32. The van der Waals surface area contributed by atoms with Crippen molar-refractivity contribution in [3.05, 3.63) is 42.4 Å². The van der Waals surface area contributed by atoms with Crippen molar-refractivity contribution in [2.24, 2.45) is 14.1 Å². The van der Waals surface area contributed by atoms with Gasteiger partial charge in [0.2, 0.25) is 0 Å². The zero-order chi connectivity index (χ0) is 21.3. The van der Waals surface area contributed by atoms with Crippen molar-refractivity contribution in [3.8, 4) is 22.5 Å². The van der Waals surface area contributed by atoms with E-state index in [0.29, 0.717) is 28.5 Å². The Kier molecular flexibility index (Phi) is 3.75. The van der Waals surface area contributed by atoms with Crippen molar-refractivity contribution in [1.82, 2.24) is 29.5 Å². The van der Waals surface area contributed by atoms with Crippen molar-refractivity contribution >= 4 is 16.9 Å². The Labute approximate surface area is 177 Å². The van der Waals surface area contributed by atoms with E-state index in [2.05, 4.69) is 39.3 Å². The number of alkyl halides is 2. The number of anilines is 1. The SMILES string of the molecule is Cn1ncc(-c2nn(C)c3ncnc(N4CC(F)(F)C4)c23)c1-c1ccc(C2CC2)cc1. The topological polar surface area (TPSA) is 64.7 Å². The summed E-state index contributed by atoms with van der Waals surface area (Å²) in [6, 6.07) is 8.59. The van der Waals surface area contributed by atoms with Gasteiger partial charge in [0.25, 0.3) is 5.92 Å². The highest BCUT2D eigenvalue weighted by molar-refractivity contribution is 6.02. The number of nitrogens with zero attached hydrogens (tertiary/aromatic N) is 7. The monoisotopic (exact) mass is 421 g/mol. The summed E-state index contributed by atoms with van der Waals surface area (Å²) >= 11 is 0. The van der Waals surface area contributed by atoms with Crippen LogP contribution in [0.2, 0.25) is 0 Å². The fourth-order valence-electron chi connectivity index (χ4n) is 4.45. The third-order valence-electron chi connectivity index (χ3n) is 6.17. The van der Waals surface area contributed by atoms with Crippen LogP contribution >= 0.6 is 0 Å². The molecule has 1 saturated heterocycles. The summed E-state index contributed by atoms with van der Waals surface area (Å²) in [6.45, 7) is -0.702. The van der Waals surface area contributed by atoms with Gasteiger partial charge in [0, 0.05) is 25.2 Å². The van der Waals surface area contributed by atoms with Crippen molar-refractivity contribution in [2.75, 3.05) is 18.0 Å². The standard InChI is InChI=1S/C22H21F2N7/c1-29-19(15-7-5-14(6-8-15)13-3-4-13)16(9-27-29)18-17-20(30(2)28-18)25-12-26-21(17)31-10-22(23,24)11-31/h5-9,12-13H,3-4,10-11H2,1-2H3. The van der Waals surface area contributed by atoms with E-state index in [1.807, 2.05) is 11.7 Å². The number of hydrogen-bond acceptors (Lipinski definition) is 5. The highest BCUT2D eigenvalue weighted by atomic mass is 19.3. The van der Waals surface area contributed by atoms with Crippen LogP contribution in [-0.2, 0) is 14.1 Å². The van der Waals surface area contributed by atoms with Crippen LogP contribution in [0.25, 0.3) is 33.5 Å². The summed E-state index contributed by atoms with van der Waals surface area (Å²) in [7, 11) is 3.69. The zero-order valence-corrected chi connectivity index (χ0v) is 17.3. The second-order valence-corrected chi connectivity index (χ2v) is 8.51. The number of benzene rings is 1. The van der Waals surface area contributed by atoms with Crippen molar-refractivity contribution in [3.63, 3.8) is 0 Å². The van der Waals surface area contributed by atoms with Crippen LogP contribution in [0.1, 0.15) is 24.3 Å². The molecule has 1 aliphatic carbocycles. The van der Waals surface area contributed by atoms with Gasteiger partial charge in [0.1, 0.15) is 17.8 Å². The predicted molar refractivity (Wildman–Crippen MR) is 113 cm³/mol. The lowest BCUT2D eigenvalue weighted by Gasteiger charge is -2.39. The molecule has 3 aromatic heterocycles. The smallest absolute Gasteiger partial charge is 0.282 e. The number of fused-ring (bicyclic) bond motifs is 1. The summed E-state index contributed by atoms with van der Waals surface area (Å²) in [5, 5.41) is 9.85. The van der Waals surface area contributed by atoms with Crippen LogP contribution in [0.5, 0.6) is 0 Å². The minimum absolute atomic E-state index is 0.351. The molecule has 6 rings (SSSR count). The van der Waals surface area contributed by atoms with E-state index in [-0.39, 0.29) is 13.1 Å². The molecule has 0 bridgehead atoms. The van der Waals surface area contributed by atoms with E-state index in [0.717, 1.165) is 16.8 Å². The van der Waals surface area contributed by atoms with E-state index >= 15 is 0 Å². The van der Waals surface area contributed by atoms with Gasteiger partial charge in [-0.15, -0.1) is 0 Å². The average Bonchev–Trinajstić information content (AvgIpc) is 3.44. The van der Waals surface area contributed by atoms with Gasteiger partial charge in [-0.25, -0.2) is 23.4 Å². The van der Waals surface area contributed by atoms with E-state index in [9.17, 15) is 8.78 Å². The Morgan fingerprint density at radius 3 is 2.42 bits per heavy atom. The van der Waals surface area contributed by atoms with Gasteiger partial charge in [-0.3, -0.25) is 4.68 Å². The minimum atomic E-state index is -2.69. The van der Waals surface area contributed by atoms with Crippen molar-refractivity contribution in [2.45, 2.75) is 24.7 Å². The molecule has 0 amide bonds. The Morgan fingerprint density at radius 1 is 1.00 bits per heavy atom. The fourth-order valence-corrected chi connectivity index (χ4v) is 4.45. The molecule has 7 nitrogen and oxygen atoms in total. The third kappa shape index (κ3) is 2.90. The largest absolute Gasteiger partial charge is 0.344 e. The molecular formula is C22H21F2N7. The first kappa shape index (κ1) is 18.4. The third-order valence-corrected chi connectivity index (χ3v) is 6.17. The molecule has 1 aromatic carbocycles. The maximum absolute atomic E-state index is 13.6. The normalized spacial score (nSPS) is 17.9. The summed E-state index contributed by atoms with van der Waals surface area (Å²) < 4.78 is 30.6. The Bertz CT molecular complexity index is 1290. The molecule has 4 aromatic rings. The van der Waals surface area contributed by atoms with Crippen LogP contribution in [-0.4, -0.2) is 48.5 Å². The number of rotatable bonds is 4. The van der Waals surface area contributed by atoms with Gasteiger partial charge in [-0.1, -0.05) is 24.3 Å². The summed E-state index contributed by atoms with van der Waals surface area (Å²) in [5.41, 5.74) is 5.41. The van der Waals surface area contributed by atoms with Gasteiger partial charge in [-0.05, 0) is 24.3 Å². The lowest BCUT2D eigenvalue weighted by molar-refractivity contribution is -0.0265. The summed E-state index contributed by atoms with van der Waals surface area (Å²) in [4.78, 5) is 10.3. The first-order valence-electron chi connectivity index (χ1n) is 10.3. The number of aromatic nitrogens is 6. The van der Waals surface area contributed by atoms with E-state index in [4.69, 9.17) is 5.10 Å². The maximum atomic E-state index is 13.6. The molecule has 0 atom stereocenters. The quantitative estimate of drug-likeness (QED) is 0.502. The van der Waals surface area contributed by atoms with Crippen LogP contribution in [0, 0.1) is 0 Å². The Balaban J connectivity index is 1.50. The summed E-state index contributed by atoms with van der Waals surface area (Å²) in [6.07, 6.45) is 5.69. The Hall–Kier alpha value is -3.36. The fraction of sp³-hybridized carbons (Fsp3) is 0.364. The van der Waals surface area contributed by atoms with Gasteiger partial charge < -0.3 is 4.90 Å². The van der Waals surface area contributed by atoms with Crippen LogP contribution in [0.15, 0.2) is 36.8 Å². The minimum Gasteiger partial charge on any atom is -0.344 e. The molecule has 0 unspecified atom stereocenters. The van der Waals surface area contributed by atoms with E-state index < -0.39 is 5.92 Å².